The Morgan fingerprint density at radius 3 is 2.27 bits per heavy atom. The van der Waals surface area contributed by atoms with Gasteiger partial charge in [-0.2, -0.15) is 0 Å². The number of rotatable bonds is 4. The monoisotopic (exact) mass is 332 g/mol. The predicted molar refractivity (Wildman–Crippen MR) is 72.4 cm³/mol. The minimum absolute atomic E-state index is 0.143. The lowest BCUT2D eigenvalue weighted by atomic mass is 10.0. The smallest absolute Gasteiger partial charge is 0.403 e. The second-order valence-corrected chi connectivity index (χ2v) is 4.77. The van der Waals surface area contributed by atoms with Gasteiger partial charge < -0.3 is 4.74 Å². The molecule has 2 aromatic carbocycles. The van der Waals surface area contributed by atoms with Gasteiger partial charge in [-0.3, -0.25) is 4.79 Å². The molecule has 0 N–H and O–H groups in total. The third-order valence-electron chi connectivity index (χ3n) is 2.76. The Balaban J connectivity index is 2.23. The molecule has 2 aromatic rings. The number of carbonyl (C=O) groups excluding carboxylic acids is 1. The summed E-state index contributed by atoms with van der Waals surface area (Å²) in [4.78, 5) is 12.1. The maximum absolute atomic E-state index is 13.6. The van der Waals surface area contributed by atoms with Crippen LogP contribution in [0, 0.1) is 5.82 Å². The van der Waals surface area contributed by atoms with Gasteiger partial charge in [-0.25, -0.2) is 4.39 Å². The van der Waals surface area contributed by atoms with E-state index in [2.05, 4.69) is 4.74 Å². The molecular formula is C15H9ClF4O2. The number of hydrogen-bond donors (Lipinski definition) is 0. The molecule has 116 valence electrons. The van der Waals surface area contributed by atoms with Gasteiger partial charge in [0.15, 0.2) is 17.3 Å². The van der Waals surface area contributed by atoms with Crippen LogP contribution in [0.2, 0.25) is 0 Å². The van der Waals surface area contributed by atoms with Gasteiger partial charge in [0.25, 0.3) is 0 Å². The SMILES string of the molecule is O=C(c1ccc(OC(F)(F)F)c(F)c1)C(Cl)c1ccccc1. The summed E-state index contributed by atoms with van der Waals surface area (Å²) >= 11 is 6.01. The maximum Gasteiger partial charge on any atom is 0.573 e. The van der Waals surface area contributed by atoms with Crippen LogP contribution in [-0.4, -0.2) is 12.1 Å². The minimum Gasteiger partial charge on any atom is -0.403 e. The van der Waals surface area contributed by atoms with Crippen molar-refractivity contribution in [1.82, 2.24) is 0 Å². The van der Waals surface area contributed by atoms with Crippen molar-refractivity contribution >= 4 is 17.4 Å². The lowest BCUT2D eigenvalue weighted by Crippen LogP contribution is -2.18. The van der Waals surface area contributed by atoms with E-state index in [1.807, 2.05) is 0 Å². The molecule has 7 heteroatoms. The zero-order valence-corrected chi connectivity index (χ0v) is 11.7. The first kappa shape index (κ1) is 16.3. The summed E-state index contributed by atoms with van der Waals surface area (Å²) in [6, 6.07) is 10.8. The van der Waals surface area contributed by atoms with E-state index in [1.165, 1.54) is 0 Å². The summed E-state index contributed by atoms with van der Waals surface area (Å²) in [7, 11) is 0. The largest absolute Gasteiger partial charge is 0.573 e. The molecular weight excluding hydrogens is 324 g/mol. The van der Waals surface area contributed by atoms with Gasteiger partial charge in [-0.1, -0.05) is 30.3 Å². The van der Waals surface area contributed by atoms with E-state index in [0.29, 0.717) is 11.6 Å². The minimum atomic E-state index is -5.01. The lowest BCUT2D eigenvalue weighted by Gasteiger charge is -2.12. The third kappa shape index (κ3) is 3.98. The van der Waals surface area contributed by atoms with E-state index in [9.17, 15) is 22.4 Å². The highest BCUT2D eigenvalue weighted by molar-refractivity contribution is 6.33. The topological polar surface area (TPSA) is 26.3 Å². The van der Waals surface area contributed by atoms with E-state index in [0.717, 1.165) is 12.1 Å². The van der Waals surface area contributed by atoms with E-state index in [1.54, 1.807) is 30.3 Å². The Morgan fingerprint density at radius 2 is 1.73 bits per heavy atom. The van der Waals surface area contributed by atoms with Crippen molar-refractivity contribution in [2.45, 2.75) is 11.7 Å². The van der Waals surface area contributed by atoms with Gasteiger partial charge in [0.2, 0.25) is 0 Å². The average molecular weight is 333 g/mol. The van der Waals surface area contributed by atoms with Crippen LogP contribution < -0.4 is 4.74 Å². The molecule has 0 heterocycles. The van der Waals surface area contributed by atoms with Crippen molar-refractivity contribution in [1.29, 1.82) is 0 Å². The first-order chi connectivity index (χ1) is 10.3. The van der Waals surface area contributed by atoms with Gasteiger partial charge in [0, 0.05) is 5.56 Å². The van der Waals surface area contributed by atoms with Gasteiger partial charge >= 0.3 is 6.36 Å². The summed E-state index contributed by atoms with van der Waals surface area (Å²) in [5.41, 5.74) is 0.362. The molecule has 1 unspecified atom stereocenters. The number of benzene rings is 2. The van der Waals surface area contributed by atoms with Gasteiger partial charge in [0.05, 0.1) is 0 Å². The zero-order chi connectivity index (χ0) is 16.3. The molecule has 2 rings (SSSR count). The highest BCUT2D eigenvalue weighted by Crippen LogP contribution is 2.29. The molecule has 0 aliphatic carbocycles. The van der Waals surface area contributed by atoms with Crippen LogP contribution in [0.1, 0.15) is 21.3 Å². The number of halogens is 5. The molecule has 0 fully saturated rings. The summed E-state index contributed by atoms with van der Waals surface area (Å²) in [6.45, 7) is 0. The van der Waals surface area contributed by atoms with Crippen LogP contribution in [0.3, 0.4) is 0 Å². The Hall–Kier alpha value is -2.08. The lowest BCUT2D eigenvalue weighted by molar-refractivity contribution is -0.275. The van der Waals surface area contributed by atoms with Crippen LogP contribution in [0.5, 0.6) is 5.75 Å². The highest BCUT2D eigenvalue weighted by Gasteiger charge is 2.32. The molecule has 0 spiro atoms. The average Bonchev–Trinajstić information content (AvgIpc) is 2.47. The number of ether oxygens (including phenoxy) is 1. The van der Waals surface area contributed by atoms with Crippen LogP contribution in [0.15, 0.2) is 48.5 Å². The molecule has 0 aliphatic rings. The first-order valence-corrected chi connectivity index (χ1v) is 6.50. The van der Waals surface area contributed by atoms with Crippen LogP contribution in [0.4, 0.5) is 17.6 Å². The number of ketones is 1. The van der Waals surface area contributed by atoms with Crippen molar-refractivity contribution in [3.63, 3.8) is 0 Å². The Labute approximate surface area is 128 Å². The molecule has 0 amide bonds. The third-order valence-corrected chi connectivity index (χ3v) is 3.21. The van der Waals surface area contributed by atoms with E-state index in [4.69, 9.17) is 11.6 Å². The van der Waals surface area contributed by atoms with Gasteiger partial charge in [-0.05, 0) is 23.8 Å². The second kappa shape index (κ2) is 6.36. The standard InChI is InChI=1S/C15H9ClF4O2/c16-13(9-4-2-1-3-5-9)14(21)10-6-7-12(11(17)8-10)22-15(18,19)20/h1-8,13H. The van der Waals surface area contributed by atoms with Crippen molar-refractivity contribution in [3.05, 3.63) is 65.5 Å². The summed E-state index contributed by atoms with van der Waals surface area (Å²) in [5, 5.41) is -1.06. The Kier molecular flexibility index (Phi) is 4.71. The van der Waals surface area contributed by atoms with E-state index < -0.39 is 29.1 Å². The second-order valence-electron chi connectivity index (χ2n) is 4.33. The first-order valence-electron chi connectivity index (χ1n) is 6.06. The quantitative estimate of drug-likeness (QED) is 0.453. The normalized spacial score (nSPS) is 12.8. The number of alkyl halides is 4. The molecule has 0 radical (unpaired) electrons. The highest BCUT2D eigenvalue weighted by atomic mass is 35.5. The number of carbonyl (C=O) groups is 1. The number of hydrogen-bond acceptors (Lipinski definition) is 2. The molecule has 1 atom stereocenters. The van der Waals surface area contributed by atoms with Crippen molar-refractivity contribution in [2.24, 2.45) is 0 Å². The predicted octanol–water partition coefficient (Wildman–Crippen LogP) is 4.89. The van der Waals surface area contributed by atoms with Crippen LogP contribution in [0.25, 0.3) is 0 Å². The molecule has 0 bridgehead atoms. The van der Waals surface area contributed by atoms with E-state index in [-0.39, 0.29) is 5.56 Å². The molecule has 22 heavy (non-hydrogen) atoms. The zero-order valence-electron chi connectivity index (χ0n) is 10.9. The molecule has 0 saturated carbocycles. The van der Waals surface area contributed by atoms with Crippen molar-refractivity contribution < 1.29 is 27.1 Å². The summed E-state index contributed by atoms with van der Waals surface area (Å²) in [5.74, 6) is -2.92. The van der Waals surface area contributed by atoms with Crippen LogP contribution in [-0.2, 0) is 0 Å². The maximum atomic E-state index is 13.6. The van der Waals surface area contributed by atoms with E-state index >= 15 is 0 Å². The van der Waals surface area contributed by atoms with Crippen molar-refractivity contribution in [2.75, 3.05) is 0 Å². The Bertz CT molecular complexity index is 671. The molecule has 0 aliphatic heterocycles. The van der Waals surface area contributed by atoms with Crippen LogP contribution >= 0.6 is 11.6 Å². The molecule has 2 nitrogen and oxygen atoms in total. The van der Waals surface area contributed by atoms with Crippen molar-refractivity contribution in [3.8, 4) is 5.75 Å². The summed E-state index contributed by atoms with van der Waals surface area (Å²) < 4.78 is 53.2. The fourth-order valence-corrected chi connectivity index (χ4v) is 2.05. The fraction of sp³-hybridized carbons (Fsp3) is 0.133. The number of Topliss-reactive ketones (excluding diaryl/α,β-unsaturated/α-hetero) is 1. The fourth-order valence-electron chi connectivity index (χ4n) is 1.78. The van der Waals surface area contributed by atoms with Gasteiger partial charge in [0.1, 0.15) is 5.38 Å². The van der Waals surface area contributed by atoms with Gasteiger partial charge in [-0.15, -0.1) is 24.8 Å². The molecule has 0 aromatic heterocycles. The Morgan fingerprint density at radius 1 is 1.09 bits per heavy atom. The molecule has 0 saturated heterocycles. The summed E-state index contributed by atoms with van der Waals surface area (Å²) in [6.07, 6.45) is -5.01.